The van der Waals surface area contributed by atoms with Crippen molar-refractivity contribution in [2.75, 3.05) is 39.2 Å². The highest BCUT2D eigenvalue weighted by Gasteiger charge is 2.35. The number of nitrogens with zero attached hydrogens (tertiary/aromatic N) is 1. The van der Waals surface area contributed by atoms with Crippen molar-refractivity contribution in [3.63, 3.8) is 0 Å². The summed E-state index contributed by atoms with van der Waals surface area (Å²) in [5.41, 5.74) is 1.63. The molecule has 1 aliphatic rings. The number of carbonyl (C=O) groups is 1. The van der Waals surface area contributed by atoms with E-state index in [1.807, 2.05) is 39.2 Å². The van der Waals surface area contributed by atoms with Crippen molar-refractivity contribution in [1.29, 1.82) is 0 Å². The van der Waals surface area contributed by atoms with Gasteiger partial charge in [-0.05, 0) is 51.6 Å². The zero-order chi connectivity index (χ0) is 16.2. The maximum atomic E-state index is 12.1. The second-order valence-corrected chi connectivity index (χ2v) is 6.43. The van der Waals surface area contributed by atoms with E-state index in [0.29, 0.717) is 17.3 Å². The number of rotatable bonds is 4. The van der Waals surface area contributed by atoms with Crippen LogP contribution in [0.2, 0.25) is 5.02 Å². The highest BCUT2D eigenvalue weighted by Crippen LogP contribution is 2.25. The normalized spacial score (nSPS) is 17.3. The van der Waals surface area contributed by atoms with Crippen LogP contribution < -0.4 is 10.6 Å². The van der Waals surface area contributed by atoms with E-state index in [0.717, 1.165) is 31.6 Å². The van der Waals surface area contributed by atoms with Crippen LogP contribution in [0, 0.1) is 6.92 Å². The number of ether oxygens (including phenoxy) is 1. The molecule has 1 aromatic rings. The molecule has 0 saturated carbocycles. The summed E-state index contributed by atoms with van der Waals surface area (Å²) in [4.78, 5) is 14.3. The number of benzene rings is 1. The predicted octanol–water partition coefficient (Wildman–Crippen LogP) is 2.88. The molecule has 0 bridgehead atoms. The summed E-state index contributed by atoms with van der Waals surface area (Å²) in [6, 6.07) is 5.32. The predicted molar refractivity (Wildman–Crippen MR) is 89.7 cm³/mol. The lowest BCUT2D eigenvalue weighted by molar-refractivity contribution is -0.00553. The first-order chi connectivity index (χ1) is 10.4. The van der Waals surface area contributed by atoms with Crippen molar-refractivity contribution >= 4 is 23.3 Å². The Balaban J connectivity index is 1.93. The molecule has 0 aromatic heterocycles. The number of aryl methyl sites for hydroxylation is 1. The maximum absolute atomic E-state index is 12.1. The molecule has 5 nitrogen and oxygen atoms in total. The Labute approximate surface area is 137 Å². The van der Waals surface area contributed by atoms with Gasteiger partial charge in [0.05, 0.1) is 10.7 Å². The van der Waals surface area contributed by atoms with Gasteiger partial charge in [-0.25, -0.2) is 4.79 Å². The molecule has 0 unspecified atom stereocenters. The summed E-state index contributed by atoms with van der Waals surface area (Å²) in [7, 11) is 4.09. The minimum Gasteiger partial charge on any atom is -0.381 e. The summed E-state index contributed by atoms with van der Waals surface area (Å²) < 4.78 is 5.43. The van der Waals surface area contributed by atoms with E-state index in [9.17, 15) is 4.79 Å². The number of nitrogens with one attached hydrogen (secondary N) is 2. The molecule has 0 aliphatic carbocycles. The molecule has 2 N–H and O–H groups in total. The number of amides is 2. The van der Waals surface area contributed by atoms with E-state index >= 15 is 0 Å². The van der Waals surface area contributed by atoms with Gasteiger partial charge in [-0.1, -0.05) is 17.7 Å². The van der Waals surface area contributed by atoms with Crippen LogP contribution in [0.5, 0.6) is 0 Å². The SMILES string of the molecule is Cc1ccc(NC(=O)NCC2(N(C)C)CCOCC2)c(Cl)c1. The van der Waals surface area contributed by atoms with Crippen LogP contribution in [0.1, 0.15) is 18.4 Å². The largest absolute Gasteiger partial charge is 0.381 e. The van der Waals surface area contributed by atoms with Crippen molar-refractivity contribution in [1.82, 2.24) is 10.2 Å². The Hall–Kier alpha value is -1.30. The van der Waals surface area contributed by atoms with Crippen molar-refractivity contribution in [3.8, 4) is 0 Å². The van der Waals surface area contributed by atoms with E-state index in [-0.39, 0.29) is 11.6 Å². The molecule has 122 valence electrons. The summed E-state index contributed by atoms with van der Waals surface area (Å²) in [5.74, 6) is 0. The highest BCUT2D eigenvalue weighted by molar-refractivity contribution is 6.33. The van der Waals surface area contributed by atoms with Gasteiger partial charge in [0.15, 0.2) is 0 Å². The molecule has 2 amide bonds. The lowest BCUT2D eigenvalue weighted by Gasteiger charge is -2.42. The van der Waals surface area contributed by atoms with E-state index in [4.69, 9.17) is 16.3 Å². The molecule has 1 fully saturated rings. The maximum Gasteiger partial charge on any atom is 0.319 e. The van der Waals surface area contributed by atoms with E-state index in [1.54, 1.807) is 0 Å². The zero-order valence-electron chi connectivity index (χ0n) is 13.4. The molecule has 0 radical (unpaired) electrons. The number of urea groups is 1. The Morgan fingerprint density at radius 3 is 2.64 bits per heavy atom. The first-order valence-electron chi connectivity index (χ1n) is 7.49. The fourth-order valence-corrected chi connectivity index (χ4v) is 2.95. The average Bonchev–Trinajstić information content (AvgIpc) is 2.49. The summed E-state index contributed by atoms with van der Waals surface area (Å²) >= 11 is 6.13. The smallest absolute Gasteiger partial charge is 0.319 e. The molecular formula is C16H24ClN3O2. The molecule has 22 heavy (non-hydrogen) atoms. The van der Waals surface area contributed by atoms with Crippen molar-refractivity contribution < 1.29 is 9.53 Å². The highest BCUT2D eigenvalue weighted by atomic mass is 35.5. The number of anilines is 1. The van der Waals surface area contributed by atoms with Crippen LogP contribution in [0.4, 0.5) is 10.5 Å². The minimum atomic E-state index is -0.238. The van der Waals surface area contributed by atoms with E-state index in [2.05, 4.69) is 15.5 Å². The van der Waals surface area contributed by atoms with Crippen molar-refractivity contribution in [2.24, 2.45) is 0 Å². The lowest BCUT2D eigenvalue weighted by Crippen LogP contribution is -2.56. The quantitative estimate of drug-likeness (QED) is 0.895. The Bertz CT molecular complexity index is 528. The molecule has 1 heterocycles. The Kier molecular flexibility index (Phi) is 5.67. The van der Waals surface area contributed by atoms with Crippen LogP contribution in [0.15, 0.2) is 18.2 Å². The monoisotopic (exact) mass is 325 g/mol. The minimum absolute atomic E-state index is 0.0489. The lowest BCUT2D eigenvalue weighted by atomic mass is 9.88. The summed E-state index contributed by atoms with van der Waals surface area (Å²) in [6.07, 6.45) is 1.82. The Morgan fingerprint density at radius 2 is 2.05 bits per heavy atom. The van der Waals surface area contributed by atoms with Gasteiger partial charge in [-0.3, -0.25) is 0 Å². The number of hydrogen-bond donors (Lipinski definition) is 2. The fraction of sp³-hybridized carbons (Fsp3) is 0.562. The number of halogens is 1. The first-order valence-corrected chi connectivity index (χ1v) is 7.87. The second-order valence-electron chi connectivity index (χ2n) is 6.02. The zero-order valence-corrected chi connectivity index (χ0v) is 14.2. The third kappa shape index (κ3) is 4.12. The van der Waals surface area contributed by atoms with E-state index in [1.165, 1.54) is 0 Å². The van der Waals surface area contributed by atoms with Gasteiger partial charge in [-0.15, -0.1) is 0 Å². The third-order valence-corrected chi connectivity index (χ3v) is 4.64. The molecule has 0 atom stereocenters. The van der Waals surface area contributed by atoms with Crippen LogP contribution in [0.3, 0.4) is 0 Å². The third-order valence-electron chi connectivity index (χ3n) is 4.32. The molecule has 1 saturated heterocycles. The van der Waals surface area contributed by atoms with Crippen LogP contribution in [0.25, 0.3) is 0 Å². The van der Waals surface area contributed by atoms with Gasteiger partial charge >= 0.3 is 6.03 Å². The number of hydrogen-bond acceptors (Lipinski definition) is 3. The first kappa shape index (κ1) is 17.1. The fourth-order valence-electron chi connectivity index (χ4n) is 2.67. The Morgan fingerprint density at radius 1 is 1.36 bits per heavy atom. The molecule has 1 aliphatic heterocycles. The molecule has 1 aromatic carbocycles. The average molecular weight is 326 g/mol. The molecule has 0 spiro atoms. The van der Waals surface area contributed by atoms with Gasteiger partial charge in [-0.2, -0.15) is 0 Å². The number of carbonyl (C=O) groups excluding carboxylic acids is 1. The van der Waals surface area contributed by atoms with E-state index < -0.39 is 0 Å². The standard InChI is InChI=1S/C16H24ClN3O2/c1-12-4-5-14(13(17)10-12)19-15(21)18-11-16(20(2)3)6-8-22-9-7-16/h4-5,10H,6-9,11H2,1-3H3,(H2,18,19,21). The van der Waals surface area contributed by atoms with Gasteiger partial charge in [0, 0.05) is 25.3 Å². The molecular weight excluding hydrogens is 302 g/mol. The van der Waals surface area contributed by atoms with Gasteiger partial charge in [0.2, 0.25) is 0 Å². The topological polar surface area (TPSA) is 53.6 Å². The van der Waals surface area contributed by atoms with Gasteiger partial charge in [0.25, 0.3) is 0 Å². The van der Waals surface area contributed by atoms with Crippen molar-refractivity contribution in [3.05, 3.63) is 28.8 Å². The van der Waals surface area contributed by atoms with Crippen molar-refractivity contribution in [2.45, 2.75) is 25.3 Å². The van der Waals surface area contributed by atoms with Gasteiger partial charge < -0.3 is 20.3 Å². The number of likely N-dealkylation sites (N-methyl/N-ethyl adjacent to an activating group) is 1. The van der Waals surface area contributed by atoms with Gasteiger partial charge in [0.1, 0.15) is 0 Å². The summed E-state index contributed by atoms with van der Waals surface area (Å²) in [5, 5.41) is 6.31. The molecule has 2 rings (SSSR count). The van der Waals surface area contributed by atoms with Crippen LogP contribution in [-0.2, 0) is 4.74 Å². The van der Waals surface area contributed by atoms with Crippen LogP contribution >= 0.6 is 11.6 Å². The van der Waals surface area contributed by atoms with Crippen LogP contribution in [-0.4, -0.2) is 50.3 Å². The molecule has 6 heteroatoms. The summed E-state index contributed by atoms with van der Waals surface area (Å²) in [6.45, 7) is 4.00. The second kappa shape index (κ2) is 7.31.